The Bertz CT molecular complexity index is 398. The SMILES string of the molecule is CCCC(C)COc1ccc(C(=O)C(C)(C)C)cc1. The molecule has 2 heteroatoms. The summed E-state index contributed by atoms with van der Waals surface area (Å²) in [5.41, 5.74) is 0.416. The van der Waals surface area contributed by atoms with Crippen molar-refractivity contribution in [2.24, 2.45) is 11.3 Å². The Hall–Kier alpha value is -1.31. The molecule has 1 aromatic rings. The van der Waals surface area contributed by atoms with Gasteiger partial charge in [-0.25, -0.2) is 0 Å². The quantitative estimate of drug-likeness (QED) is 0.693. The summed E-state index contributed by atoms with van der Waals surface area (Å²) in [6.07, 6.45) is 2.37. The van der Waals surface area contributed by atoms with Gasteiger partial charge in [0.15, 0.2) is 5.78 Å². The number of benzene rings is 1. The number of carbonyl (C=O) groups excluding carboxylic acids is 1. The maximum absolute atomic E-state index is 12.1. The van der Waals surface area contributed by atoms with E-state index in [9.17, 15) is 4.79 Å². The van der Waals surface area contributed by atoms with Gasteiger partial charge in [-0.3, -0.25) is 4.79 Å². The van der Waals surface area contributed by atoms with Crippen molar-refractivity contribution in [1.82, 2.24) is 0 Å². The van der Waals surface area contributed by atoms with Crippen molar-refractivity contribution in [3.63, 3.8) is 0 Å². The fraction of sp³-hybridized carbons (Fsp3) is 0.588. The molecule has 0 saturated heterocycles. The van der Waals surface area contributed by atoms with Crippen LogP contribution in [0.5, 0.6) is 5.75 Å². The molecule has 0 fully saturated rings. The van der Waals surface area contributed by atoms with Crippen LogP contribution in [-0.4, -0.2) is 12.4 Å². The first-order chi connectivity index (χ1) is 8.84. The van der Waals surface area contributed by atoms with Crippen molar-refractivity contribution in [3.05, 3.63) is 29.8 Å². The monoisotopic (exact) mass is 262 g/mol. The Labute approximate surface area is 117 Å². The zero-order valence-electron chi connectivity index (χ0n) is 12.8. The minimum atomic E-state index is -0.335. The Morgan fingerprint density at radius 3 is 2.26 bits per heavy atom. The largest absolute Gasteiger partial charge is 0.493 e. The van der Waals surface area contributed by atoms with Crippen molar-refractivity contribution in [2.45, 2.75) is 47.5 Å². The van der Waals surface area contributed by atoms with Crippen LogP contribution in [-0.2, 0) is 0 Å². The standard InChI is InChI=1S/C17H26O2/c1-6-7-13(2)12-19-15-10-8-14(9-11-15)16(18)17(3,4)5/h8-11,13H,6-7,12H2,1-5H3. The smallest absolute Gasteiger partial charge is 0.168 e. The second-order valence-corrected chi connectivity index (χ2v) is 6.31. The lowest BCUT2D eigenvalue weighted by Crippen LogP contribution is -2.20. The van der Waals surface area contributed by atoms with E-state index in [-0.39, 0.29) is 11.2 Å². The van der Waals surface area contributed by atoms with E-state index in [2.05, 4.69) is 13.8 Å². The molecule has 106 valence electrons. The van der Waals surface area contributed by atoms with Crippen LogP contribution < -0.4 is 4.74 Å². The molecular weight excluding hydrogens is 236 g/mol. The highest BCUT2D eigenvalue weighted by Gasteiger charge is 2.22. The Morgan fingerprint density at radius 1 is 1.21 bits per heavy atom. The van der Waals surface area contributed by atoms with Crippen LogP contribution in [0.25, 0.3) is 0 Å². The summed E-state index contributed by atoms with van der Waals surface area (Å²) < 4.78 is 5.73. The third kappa shape index (κ3) is 5.06. The van der Waals surface area contributed by atoms with Gasteiger partial charge < -0.3 is 4.74 Å². The predicted molar refractivity (Wildman–Crippen MR) is 79.8 cm³/mol. The highest BCUT2D eigenvalue weighted by molar-refractivity contribution is 5.99. The molecule has 1 rings (SSSR count). The number of ketones is 1. The fourth-order valence-corrected chi connectivity index (χ4v) is 1.95. The van der Waals surface area contributed by atoms with Gasteiger partial charge in [0.05, 0.1) is 6.61 Å². The van der Waals surface area contributed by atoms with Crippen molar-refractivity contribution >= 4 is 5.78 Å². The van der Waals surface area contributed by atoms with Gasteiger partial charge in [0.2, 0.25) is 0 Å². The molecule has 19 heavy (non-hydrogen) atoms. The molecule has 0 aliphatic carbocycles. The summed E-state index contributed by atoms with van der Waals surface area (Å²) in [7, 11) is 0. The maximum Gasteiger partial charge on any atom is 0.168 e. The molecule has 0 bridgehead atoms. The first-order valence-corrected chi connectivity index (χ1v) is 7.12. The number of Topliss-reactive ketones (excluding diaryl/α,β-unsaturated/α-hetero) is 1. The number of carbonyl (C=O) groups is 1. The van der Waals surface area contributed by atoms with Crippen LogP contribution in [0.4, 0.5) is 0 Å². The molecule has 0 heterocycles. The molecule has 0 saturated carbocycles. The average Bonchev–Trinajstić information content (AvgIpc) is 2.35. The van der Waals surface area contributed by atoms with Gasteiger partial charge in [-0.05, 0) is 36.6 Å². The van der Waals surface area contributed by atoms with Crippen molar-refractivity contribution in [1.29, 1.82) is 0 Å². The van der Waals surface area contributed by atoms with Gasteiger partial charge >= 0.3 is 0 Å². The molecule has 0 aliphatic rings. The zero-order valence-corrected chi connectivity index (χ0v) is 12.8. The van der Waals surface area contributed by atoms with Crippen molar-refractivity contribution in [2.75, 3.05) is 6.61 Å². The Morgan fingerprint density at radius 2 is 1.79 bits per heavy atom. The second kappa shape index (κ2) is 6.74. The summed E-state index contributed by atoms with van der Waals surface area (Å²) >= 11 is 0. The summed E-state index contributed by atoms with van der Waals surface area (Å²) in [6, 6.07) is 7.48. The predicted octanol–water partition coefficient (Wildman–Crippen LogP) is 4.73. The molecule has 0 spiro atoms. The van der Waals surface area contributed by atoms with E-state index >= 15 is 0 Å². The zero-order chi connectivity index (χ0) is 14.5. The minimum Gasteiger partial charge on any atom is -0.493 e. The molecule has 0 aliphatic heterocycles. The van der Waals surface area contributed by atoms with Gasteiger partial charge in [-0.15, -0.1) is 0 Å². The minimum absolute atomic E-state index is 0.165. The highest BCUT2D eigenvalue weighted by Crippen LogP contribution is 2.22. The lowest BCUT2D eigenvalue weighted by molar-refractivity contribution is 0.0858. The van der Waals surface area contributed by atoms with Crippen LogP contribution in [0.1, 0.15) is 57.8 Å². The van der Waals surface area contributed by atoms with Gasteiger partial charge in [-0.1, -0.05) is 41.0 Å². The van der Waals surface area contributed by atoms with Crippen molar-refractivity contribution < 1.29 is 9.53 Å². The van der Waals surface area contributed by atoms with Gasteiger partial charge in [0.25, 0.3) is 0 Å². The lowest BCUT2D eigenvalue weighted by Gasteiger charge is -2.17. The van der Waals surface area contributed by atoms with E-state index in [1.54, 1.807) is 0 Å². The van der Waals surface area contributed by atoms with Crippen LogP contribution >= 0.6 is 0 Å². The third-order valence-electron chi connectivity index (χ3n) is 3.11. The Kier molecular flexibility index (Phi) is 5.59. The second-order valence-electron chi connectivity index (χ2n) is 6.31. The molecule has 0 amide bonds. The summed E-state index contributed by atoms with van der Waals surface area (Å²) in [4.78, 5) is 12.1. The van der Waals surface area contributed by atoms with Crippen molar-refractivity contribution in [3.8, 4) is 5.75 Å². The molecule has 1 atom stereocenters. The highest BCUT2D eigenvalue weighted by atomic mass is 16.5. The maximum atomic E-state index is 12.1. The number of rotatable bonds is 6. The first kappa shape index (κ1) is 15.7. The van der Waals surface area contributed by atoms with E-state index in [4.69, 9.17) is 4.74 Å². The van der Waals surface area contributed by atoms with E-state index in [1.165, 1.54) is 12.8 Å². The van der Waals surface area contributed by atoms with E-state index in [1.807, 2.05) is 45.0 Å². The van der Waals surface area contributed by atoms with Crippen LogP contribution in [0.3, 0.4) is 0 Å². The first-order valence-electron chi connectivity index (χ1n) is 7.12. The normalized spacial score (nSPS) is 13.1. The Balaban J connectivity index is 2.60. The van der Waals surface area contributed by atoms with Crippen LogP contribution in [0.2, 0.25) is 0 Å². The molecule has 0 radical (unpaired) electrons. The summed E-state index contributed by atoms with van der Waals surface area (Å²) in [6.45, 7) is 10.9. The molecule has 1 aromatic carbocycles. The van der Waals surface area contributed by atoms with Gasteiger partial charge in [0, 0.05) is 11.0 Å². The number of hydrogen-bond donors (Lipinski definition) is 0. The lowest BCUT2D eigenvalue weighted by atomic mass is 9.86. The molecule has 0 N–H and O–H groups in total. The molecule has 0 aromatic heterocycles. The van der Waals surface area contributed by atoms with E-state index in [0.29, 0.717) is 5.92 Å². The van der Waals surface area contributed by atoms with Gasteiger partial charge in [-0.2, -0.15) is 0 Å². The molecular formula is C17H26O2. The molecule has 2 nitrogen and oxygen atoms in total. The summed E-state index contributed by atoms with van der Waals surface area (Å²) in [5.74, 6) is 1.58. The van der Waals surface area contributed by atoms with Crippen LogP contribution in [0.15, 0.2) is 24.3 Å². The molecule has 1 unspecified atom stereocenters. The third-order valence-corrected chi connectivity index (χ3v) is 3.11. The summed E-state index contributed by atoms with van der Waals surface area (Å²) in [5, 5.41) is 0. The topological polar surface area (TPSA) is 26.3 Å². The van der Waals surface area contributed by atoms with Gasteiger partial charge in [0.1, 0.15) is 5.75 Å². The van der Waals surface area contributed by atoms with E-state index in [0.717, 1.165) is 17.9 Å². The fourth-order valence-electron chi connectivity index (χ4n) is 1.95. The van der Waals surface area contributed by atoms with E-state index < -0.39 is 0 Å². The number of hydrogen-bond acceptors (Lipinski definition) is 2. The van der Waals surface area contributed by atoms with Crippen LogP contribution in [0, 0.1) is 11.3 Å². The number of ether oxygens (including phenoxy) is 1. The average molecular weight is 262 g/mol.